The van der Waals surface area contributed by atoms with Crippen LogP contribution in [0, 0.1) is 11.8 Å². The summed E-state index contributed by atoms with van der Waals surface area (Å²) in [5.74, 6) is 2.45. The Balaban J connectivity index is 2.66. The normalized spacial score (nSPS) is 14.4. The van der Waals surface area contributed by atoms with E-state index in [2.05, 4.69) is 19.1 Å². The number of alkyl halides is 1. The summed E-state index contributed by atoms with van der Waals surface area (Å²) in [6.07, 6.45) is 0.964. The van der Waals surface area contributed by atoms with Crippen molar-refractivity contribution >= 4 is 11.6 Å². The molecule has 0 aliphatic heterocycles. The van der Waals surface area contributed by atoms with Crippen LogP contribution in [0.1, 0.15) is 12.5 Å². The summed E-state index contributed by atoms with van der Waals surface area (Å²) < 4.78 is 10.4. The van der Waals surface area contributed by atoms with Crippen molar-refractivity contribution in [2.45, 2.75) is 13.3 Å². The number of hydrogen-bond donors (Lipinski definition) is 0. The maximum atomic E-state index is 6.03. The maximum absolute atomic E-state index is 6.03. The van der Waals surface area contributed by atoms with Gasteiger partial charge in [-0.3, -0.25) is 0 Å². The van der Waals surface area contributed by atoms with Crippen LogP contribution in [0.2, 0.25) is 0 Å². The van der Waals surface area contributed by atoms with E-state index in [1.54, 1.807) is 14.2 Å². The Morgan fingerprint density at radius 1 is 1.29 bits per heavy atom. The summed E-state index contributed by atoms with van der Waals surface area (Å²) in [5.41, 5.74) is 1.26. The van der Waals surface area contributed by atoms with E-state index in [4.69, 9.17) is 21.1 Å². The molecule has 0 spiro atoms. The molecule has 96 valence electrons. The second-order valence-electron chi connectivity index (χ2n) is 4.40. The first kappa shape index (κ1) is 14.3. The number of hydrogen-bond acceptors (Lipinski definition) is 2. The molecule has 0 amide bonds. The molecule has 0 aromatic heterocycles. The Morgan fingerprint density at radius 3 is 2.65 bits per heavy atom. The molecular formula is C14H21ClO2. The highest BCUT2D eigenvalue weighted by atomic mass is 35.5. The van der Waals surface area contributed by atoms with Gasteiger partial charge in [0.05, 0.1) is 7.11 Å². The number of benzene rings is 1. The van der Waals surface area contributed by atoms with Crippen molar-refractivity contribution in [3.05, 3.63) is 29.8 Å². The van der Waals surface area contributed by atoms with Crippen LogP contribution >= 0.6 is 11.6 Å². The third-order valence-electron chi connectivity index (χ3n) is 3.06. The molecular weight excluding hydrogens is 236 g/mol. The predicted molar refractivity (Wildman–Crippen MR) is 71.9 cm³/mol. The van der Waals surface area contributed by atoms with Crippen molar-refractivity contribution < 1.29 is 9.47 Å². The molecule has 2 atom stereocenters. The van der Waals surface area contributed by atoms with Gasteiger partial charge in [-0.25, -0.2) is 0 Å². The molecule has 1 aromatic carbocycles. The van der Waals surface area contributed by atoms with E-state index >= 15 is 0 Å². The molecule has 0 fully saturated rings. The fraction of sp³-hybridized carbons (Fsp3) is 0.571. The first-order valence-electron chi connectivity index (χ1n) is 5.89. The van der Waals surface area contributed by atoms with Gasteiger partial charge in [0, 0.05) is 19.6 Å². The molecule has 0 heterocycles. The largest absolute Gasteiger partial charge is 0.497 e. The van der Waals surface area contributed by atoms with Crippen LogP contribution in [-0.2, 0) is 11.2 Å². The van der Waals surface area contributed by atoms with Crippen LogP contribution in [0.15, 0.2) is 24.3 Å². The zero-order valence-corrected chi connectivity index (χ0v) is 11.5. The van der Waals surface area contributed by atoms with Gasteiger partial charge in [0.15, 0.2) is 0 Å². The predicted octanol–water partition coefficient (Wildman–Crippen LogP) is 3.38. The Bertz CT molecular complexity index is 328. The molecule has 0 radical (unpaired) electrons. The fourth-order valence-corrected chi connectivity index (χ4v) is 2.32. The molecule has 0 saturated carbocycles. The Kier molecular flexibility index (Phi) is 6.38. The van der Waals surface area contributed by atoms with Crippen LogP contribution in [0.4, 0.5) is 0 Å². The summed E-state index contributed by atoms with van der Waals surface area (Å²) in [4.78, 5) is 0. The highest BCUT2D eigenvalue weighted by Gasteiger charge is 2.17. The SMILES string of the molecule is COCC(C)C(CCl)Cc1cccc(OC)c1. The van der Waals surface area contributed by atoms with Crippen molar-refractivity contribution in [1.82, 2.24) is 0 Å². The van der Waals surface area contributed by atoms with Gasteiger partial charge in [0.1, 0.15) is 5.75 Å². The van der Waals surface area contributed by atoms with Gasteiger partial charge >= 0.3 is 0 Å². The molecule has 1 aromatic rings. The molecule has 3 heteroatoms. The molecule has 0 saturated heterocycles. The number of rotatable bonds is 7. The summed E-state index contributed by atoms with van der Waals surface area (Å²) >= 11 is 6.03. The smallest absolute Gasteiger partial charge is 0.119 e. The molecule has 0 bridgehead atoms. The average Bonchev–Trinajstić information content (AvgIpc) is 2.36. The monoisotopic (exact) mass is 256 g/mol. The minimum absolute atomic E-state index is 0.434. The van der Waals surface area contributed by atoms with Gasteiger partial charge in [-0.05, 0) is 36.0 Å². The minimum atomic E-state index is 0.434. The first-order valence-corrected chi connectivity index (χ1v) is 6.42. The van der Waals surface area contributed by atoms with Crippen molar-refractivity contribution in [2.24, 2.45) is 11.8 Å². The van der Waals surface area contributed by atoms with Gasteiger partial charge in [-0.1, -0.05) is 19.1 Å². The lowest BCUT2D eigenvalue weighted by atomic mass is 9.90. The van der Waals surface area contributed by atoms with Crippen molar-refractivity contribution in [1.29, 1.82) is 0 Å². The van der Waals surface area contributed by atoms with Crippen molar-refractivity contribution in [3.8, 4) is 5.75 Å². The van der Waals surface area contributed by atoms with Crippen LogP contribution in [0.5, 0.6) is 5.75 Å². The third-order valence-corrected chi connectivity index (χ3v) is 3.46. The van der Waals surface area contributed by atoms with Gasteiger partial charge < -0.3 is 9.47 Å². The lowest BCUT2D eigenvalue weighted by Gasteiger charge is -2.21. The van der Waals surface area contributed by atoms with E-state index in [1.807, 2.05) is 12.1 Å². The van der Waals surface area contributed by atoms with Crippen LogP contribution in [0.25, 0.3) is 0 Å². The molecule has 2 unspecified atom stereocenters. The molecule has 0 N–H and O–H groups in total. The third kappa shape index (κ3) is 4.57. The summed E-state index contributed by atoms with van der Waals surface area (Å²) in [7, 11) is 3.42. The summed E-state index contributed by atoms with van der Waals surface area (Å²) in [6.45, 7) is 2.93. The van der Waals surface area contributed by atoms with Crippen LogP contribution < -0.4 is 4.74 Å². The standard InChI is InChI=1S/C14H21ClO2/c1-11(10-16-2)13(9-15)7-12-5-4-6-14(8-12)17-3/h4-6,8,11,13H,7,9-10H2,1-3H3. The lowest BCUT2D eigenvalue weighted by molar-refractivity contribution is 0.135. The fourth-order valence-electron chi connectivity index (χ4n) is 1.91. The van der Waals surface area contributed by atoms with Crippen molar-refractivity contribution in [2.75, 3.05) is 26.7 Å². The van der Waals surface area contributed by atoms with E-state index in [-0.39, 0.29) is 0 Å². The van der Waals surface area contributed by atoms with Crippen LogP contribution in [-0.4, -0.2) is 26.7 Å². The first-order chi connectivity index (χ1) is 8.21. The topological polar surface area (TPSA) is 18.5 Å². The van der Waals surface area contributed by atoms with Gasteiger partial charge in [-0.2, -0.15) is 0 Å². The zero-order valence-electron chi connectivity index (χ0n) is 10.8. The van der Waals surface area contributed by atoms with E-state index in [0.717, 1.165) is 18.8 Å². The van der Waals surface area contributed by atoms with Crippen LogP contribution in [0.3, 0.4) is 0 Å². The molecule has 2 nitrogen and oxygen atoms in total. The quantitative estimate of drug-likeness (QED) is 0.697. The van der Waals surface area contributed by atoms with Gasteiger partial charge in [0.2, 0.25) is 0 Å². The van der Waals surface area contributed by atoms with E-state index in [1.165, 1.54) is 5.56 Å². The number of halogens is 1. The molecule has 17 heavy (non-hydrogen) atoms. The Morgan fingerprint density at radius 2 is 2.06 bits per heavy atom. The van der Waals surface area contributed by atoms with Gasteiger partial charge in [-0.15, -0.1) is 11.6 Å². The Hall–Kier alpha value is -0.730. The molecule has 1 rings (SSSR count). The molecule has 0 aliphatic carbocycles. The average molecular weight is 257 g/mol. The van der Waals surface area contributed by atoms with Gasteiger partial charge in [0.25, 0.3) is 0 Å². The number of methoxy groups -OCH3 is 2. The number of ether oxygens (including phenoxy) is 2. The lowest BCUT2D eigenvalue weighted by Crippen LogP contribution is -2.20. The summed E-state index contributed by atoms with van der Waals surface area (Å²) in [5, 5.41) is 0. The highest BCUT2D eigenvalue weighted by molar-refractivity contribution is 6.18. The second-order valence-corrected chi connectivity index (χ2v) is 4.71. The van der Waals surface area contributed by atoms with E-state index in [9.17, 15) is 0 Å². The highest BCUT2D eigenvalue weighted by Crippen LogP contribution is 2.22. The molecule has 0 aliphatic rings. The zero-order chi connectivity index (χ0) is 12.7. The van der Waals surface area contributed by atoms with E-state index < -0.39 is 0 Å². The second kappa shape index (κ2) is 7.57. The minimum Gasteiger partial charge on any atom is -0.497 e. The maximum Gasteiger partial charge on any atom is 0.119 e. The summed E-state index contributed by atoms with van der Waals surface area (Å²) in [6, 6.07) is 8.15. The Labute approximate surface area is 109 Å². The van der Waals surface area contributed by atoms with E-state index in [0.29, 0.717) is 17.7 Å². The van der Waals surface area contributed by atoms with Crippen molar-refractivity contribution in [3.63, 3.8) is 0 Å².